The molecular weight excluding hydrogens is 370 g/mol. The van der Waals surface area contributed by atoms with Gasteiger partial charge in [0.1, 0.15) is 5.60 Å². The molecule has 0 saturated heterocycles. The number of nitrogens with one attached hydrogen (secondary N) is 1. The van der Waals surface area contributed by atoms with Gasteiger partial charge >= 0.3 is 0 Å². The zero-order valence-electron chi connectivity index (χ0n) is 18.4. The Morgan fingerprint density at radius 3 is 2.67 bits per heavy atom. The standard InChI is InChI=1S/C27H33NO2/c1-4-27(14-15-29)26-23(11-8-16-30-27)24-18-22(19(2)3)17-21(25(24)28-26)13-12-20-9-6-5-7-10-20/h5-7,9-10,12-13,17-19,28-29H,4,8,11,14-16H2,1-3H3/b13-12+. The minimum Gasteiger partial charge on any atom is -0.396 e. The molecule has 2 aromatic carbocycles. The van der Waals surface area contributed by atoms with Crippen molar-refractivity contribution in [1.82, 2.24) is 4.98 Å². The predicted molar refractivity (Wildman–Crippen MR) is 126 cm³/mol. The lowest BCUT2D eigenvalue weighted by molar-refractivity contribution is -0.0676. The maximum Gasteiger partial charge on any atom is 0.110 e. The van der Waals surface area contributed by atoms with E-state index in [4.69, 9.17) is 4.74 Å². The fourth-order valence-electron chi connectivity index (χ4n) is 4.69. The fraction of sp³-hybridized carbons (Fsp3) is 0.407. The van der Waals surface area contributed by atoms with Crippen LogP contribution in [0.1, 0.15) is 73.9 Å². The van der Waals surface area contributed by atoms with E-state index in [-0.39, 0.29) is 6.61 Å². The molecule has 1 aliphatic rings. The molecule has 1 unspecified atom stereocenters. The maximum atomic E-state index is 9.78. The van der Waals surface area contributed by atoms with Crippen LogP contribution in [0.5, 0.6) is 0 Å². The van der Waals surface area contributed by atoms with E-state index in [9.17, 15) is 5.11 Å². The summed E-state index contributed by atoms with van der Waals surface area (Å²) in [6.07, 6.45) is 7.89. The van der Waals surface area contributed by atoms with E-state index >= 15 is 0 Å². The smallest absolute Gasteiger partial charge is 0.110 e. The molecule has 0 amide bonds. The summed E-state index contributed by atoms with van der Waals surface area (Å²) in [5.74, 6) is 0.458. The van der Waals surface area contributed by atoms with Gasteiger partial charge in [-0.15, -0.1) is 0 Å². The number of ether oxygens (including phenoxy) is 1. The molecule has 3 nitrogen and oxygen atoms in total. The molecule has 0 saturated carbocycles. The highest BCUT2D eigenvalue weighted by Gasteiger charge is 2.37. The fourth-order valence-corrected chi connectivity index (χ4v) is 4.69. The molecule has 0 radical (unpaired) electrons. The van der Waals surface area contributed by atoms with Crippen LogP contribution in [0.15, 0.2) is 42.5 Å². The van der Waals surface area contributed by atoms with Crippen LogP contribution in [0.2, 0.25) is 0 Å². The number of aryl methyl sites for hydroxylation is 1. The number of aromatic amines is 1. The summed E-state index contributed by atoms with van der Waals surface area (Å²) < 4.78 is 6.37. The summed E-state index contributed by atoms with van der Waals surface area (Å²) in [4.78, 5) is 3.77. The molecule has 1 aromatic heterocycles. The summed E-state index contributed by atoms with van der Waals surface area (Å²) in [6.45, 7) is 7.53. The lowest BCUT2D eigenvalue weighted by atomic mass is 9.88. The average molecular weight is 404 g/mol. The van der Waals surface area contributed by atoms with Gasteiger partial charge in [-0.25, -0.2) is 0 Å². The van der Waals surface area contributed by atoms with Crippen LogP contribution in [0.3, 0.4) is 0 Å². The van der Waals surface area contributed by atoms with Gasteiger partial charge in [-0.05, 0) is 59.6 Å². The molecule has 0 bridgehead atoms. The SMILES string of the molecule is CCC1(CCO)OCCCc2c1[nH]c1c(/C=C/c3ccccc3)cc(C(C)C)cc21. The molecule has 1 aliphatic heterocycles. The quantitative estimate of drug-likeness (QED) is 0.467. The van der Waals surface area contributed by atoms with Crippen molar-refractivity contribution in [2.45, 2.75) is 58.0 Å². The number of H-pyrrole nitrogens is 1. The van der Waals surface area contributed by atoms with E-state index in [1.165, 1.54) is 38.9 Å². The van der Waals surface area contributed by atoms with Crippen molar-refractivity contribution in [2.75, 3.05) is 13.2 Å². The molecule has 3 aromatic rings. The highest BCUT2D eigenvalue weighted by atomic mass is 16.5. The Morgan fingerprint density at radius 1 is 1.17 bits per heavy atom. The molecule has 30 heavy (non-hydrogen) atoms. The van der Waals surface area contributed by atoms with E-state index in [1.54, 1.807) is 0 Å². The van der Waals surface area contributed by atoms with Gasteiger partial charge in [0.25, 0.3) is 0 Å². The lowest BCUT2D eigenvalue weighted by Gasteiger charge is -2.31. The third-order valence-electron chi connectivity index (χ3n) is 6.48. The van der Waals surface area contributed by atoms with Crippen molar-refractivity contribution in [3.63, 3.8) is 0 Å². The van der Waals surface area contributed by atoms with Gasteiger partial charge in [-0.3, -0.25) is 0 Å². The number of fused-ring (bicyclic) bond motifs is 3. The van der Waals surface area contributed by atoms with Gasteiger partial charge in [0, 0.05) is 25.0 Å². The number of hydrogen-bond acceptors (Lipinski definition) is 2. The summed E-state index contributed by atoms with van der Waals surface area (Å²) in [7, 11) is 0. The van der Waals surface area contributed by atoms with E-state index in [0.29, 0.717) is 12.3 Å². The van der Waals surface area contributed by atoms with Crippen molar-refractivity contribution in [3.05, 3.63) is 70.4 Å². The first-order valence-electron chi connectivity index (χ1n) is 11.2. The van der Waals surface area contributed by atoms with Crippen LogP contribution in [-0.4, -0.2) is 23.3 Å². The first-order chi connectivity index (χ1) is 14.6. The molecule has 158 valence electrons. The predicted octanol–water partition coefficient (Wildman–Crippen LogP) is 6.41. The van der Waals surface area contributed by atoms with Crippen LogP contribution in [0, 0.1) is 0 Å². The number of hydrogen-bond donors (Lipinski definition) is 2. The Bertz CT molecular complexity index is 1030. The molecule has 0 spiro atoms. The Morgan fingerprint density at radius 2 is 1.97 bits per heavy atom. The lowest BCUT2D eigenvalue weighted by Crippen LogP contribution is -2.31. The van der Waals surface area contributed by atoms with E-state index in [0.717, 1.165) is 25.9 Å². The van der Waals surface area contributed by atoms with Crippen LogP contribution in [0.4, 0.5) is 0 Å². The molecule has 3 heteroatoms. The normalized spacial score (nSPS) is 19.5. The first kappa shape index (κ1) is 20.9. The number of benzene rings is 2. The van der Waals surface area contributed by atoms with E-state index in [2.05, 4.69) is 74.3 Å². The van der Waals surface area contributed by atoms with Crippen molar-refractivity contribution >= 4 is 23.1 Å². The van der Waals surface area contributed by atoms with Crippen LogP contribution in [-0.2, 0) is 16.8 Å². The molecular formula is C27H33NO2. The number of rotatable bonds is 6. The topological polar surface area (TPSA) is 45.2 Å². The Kier molecular flexibility index (Phi) is 6.12. The second-order valence-corrected chi connectivity index (χ2v) is 8.68. The van der Waals surface area contributed by atoms with Gasteiger partial charge in [0.15, 0.2) is 0 Å². The Labute approximate surface area is 179 Å². The second kappa shape index (κ2) is 8.79. The average Bonchev–Trinajstić information content (AvgIpc) is 3.04. The van der Waals surface area contributed by atoms with Gasteiger partial charge < -0.3 is 14.8 Å². The molecule has 4 rings (SSSR count). The second-order valence-electron chi connectivity index (χ2n) is 8.68. The Balaban J connectivity index is 1.92. The highest BCUT2D eigenvalue weighted by Crippen LogP contribution is 2.42. The summed E-state index contributed by atoms with van der Waals surface area (Å²) in [5.41, 5.74) is 7.04. The van der Waals surface area contributed by atoms with Crippen molar-refractivity contribution < 1.29 is 9.84 Å². The van der Waals surface area contributed by atoms with Crippen molar-refractivity contribution in [1.29, 1.82) is 0 Å². The molecule has 1 atom stereocenters. The zero-order chi connectivity index (χ0) is 21.1. The first-order valence-corrected chi connectivity index (χ1v) is 11.2. The number of aromatic nitrogens is 1. The monoisotopic (exact) mass is 403 g/mol. The maximum absolute atomic E-state index is 9.78. The summed E-state index contributed by atoms with van der Waals surface area (Å²) in [6, 6.07) is 15.1. The molecule has 2 heterocycles. The molecule has 2 N–H and O–H groups in total. The van der Waals surface area contributed by atoms with Gasteiger partial charge in [-0.2, -0.15) is 0 Å². The minimum absolute atomic E-state index is 0.126. The Hall–Kier alpha value is -2.36. The zero-order valence-corrected chi connectivity index (χ0v) is 18.4. The van der Waals surface area contributed by atoms with Crippen LogP contribution >= 0.6 is 0 Å². The van der Waals surface area contributed by atoms with E-state index < -0.39 is 5.60 Å². The van der Waals surface area contributed by atoms with Crippen LogP contribution in [0.25, 0.3) is 23.1 Å². The number of aliphatic hydroxyl groups excluding tert-OH is 1. The number of aliphatic hydroxyl groups is 1. The van der Waals surface area contributed by atoms with E-state index in [1.807, 2.05) is 6.07 Å². The van der Waals surface area contributed by atoms with Crippen LogP contribution < -0.4 is 0 Å². The third kappa shape index (κ3) is 3.84. The minimum atomic E-state index is -0.433. The summed E-state index contributed by atoms with van der Waals surface area (Å²) >= 11 is 0. The van der Waals surface area contributed by atoms with Gasteiger partial charge in [-0.1, -0.05) is 63.3 Å². The third-order valence-corrected chi connectivity index (χ3v) is 6.48. The summed E-state index contributed by atoms with van der Waals surface area (Å²) in [5, 5.41) is 11.1. The molecule has 0 fully saturated rings. The van der Waals surface area contributed by atoms with Crippen molar-refractivity contribution in [3.8, 4) is 0 Å². The highest BCUT2D eigenvalue weighted by molar-refractivity contribution is 5.94. The largest absolute Gasteiger partial charge is 0.396 e. The van der Waals surface area contributed by atoms with Gasteiger partial charge in [0.2, 0.25) is 0 Å². The van der Waals surface area contributed by atoms with Gasteiger partial charge in [0.05, 0.1) is 11.2 Å². The molecule has 0 aliphatic carbocycles. The van der Waals surface area contributed by atoms with Crippen molar-refractivity contribution in [2.24, 2.45) is 0 Å².